The van der Waals surface area contributed by atoms with Crippen LogP contribution in [0.3, 0.4) is 0 Å². The molecular weight excluding hydrogens is 206 g/mol. The monoisotopic (exact) mass is 223 g/mol. The molecule has 0 radical (unpaired) electrons. The molecule has 0 aromatic carbocycles. The molecule has 1 atom stereocenters. The summed E-state index contributed by atoms with van der Waals surface area (Å²) in [5.74, 6) is 3.46. The Bertz CT molecular complexity index is 321. The van der Waals surface area contributed by atoms with Crippen molar-refractivity contribution in [3.05, 3.63) is 23.9 Å². The minimum Gasteiger partial charge on any atom is -0.355 e. The first-order valence-corrected chi connectivity index (χ1v) is 6.47. The smallest absolute Gasteiger partial charge is 0.133 e. The summed E-state index contributed by atoms with van der Waals surface area (Å²) in [7, 11) is 0. The highest BCUT2D eigenvalue weighted by Gasteiger charge is 2.16. The van der Waals surface area contributed by atoms with Crippen molar-refractivity contribution in [2.24, 2.45) is 5.73 Å². The van der Waals surface area contributed by atoms with Crippen molar-refractivity contribution in [3.8, 4) is 0 Å². The number of hydrogen-bond donors (Lipinski definition) is 1. The average Bonchev–Trinajstić information content (AvgIpc) is 2.30. The quantitative estimate of drug-likeness (QED) is 0.828. The highest BCUT2D eigenvalue weighted by molar-refractivity contribution is 7.99. The summed E-state index contributed by atoms with van der Waals surface area (Å²) in [6.45, 7) is 4.18. The van der Waals surface area contributed by atoms with Gasteiger partial charge in [-0.1, -0.05) is 6.07 Å². The van der Waals surface area contributed by atoms with Crippen LogP contribution in [0.15, 0.2) is 18.3 Å². The lowest BCUT2D eigenvalue weighted by atomic mass is 10.1. The lowest BCUT2D eigenvalue weighted by Crippen LogP contribution is -2.34. The summed E-state index contributed by atoms with van der Waals surface area (Å²) >= 11 is 2.01. The van der Waals surface area contributed by atoms with Crippen molar-refractivity contribution in [1.82, 2.24) is 4.98 Å². The molecule has 1 saturated heterocycles. The van der Waals surface area contributed by atoms with Crippen LogP contribution in [0.1, 0.15) is 18.5 Å². The van der Waals surface area contributed by atoms with Crippen LogP contribution < -0.4 is 10.6 Å². The van der Waals surface area contributed by atoms with Crippen molar-refractivity contribution in [2.45, 2.75) is 13.0 Å². The fourth-order valence-electron chi connectivity index (χ4n) is 1.80. The molecule has 0 aliphatic carbocycles. The Morgan fingerprint density at radius 1 is 1.47 bits per heavy atom. The van der Waals surface area contributed by atoms with E-state index in [4.69, 9.17) is 5.73 Å². The molecule has 15 heavy (non-hydrogen) atoms. The van der Waals surface area contributed by atoms with Gasteiger partial charge in [0.2, 0.25) is 0 Å². The van der Waals surface area contributed by atoms with E-state index in [0.717, 1.165) is 24.5 Å². The molecule has 4 heteroatoms. The second-order valence-corrected chi connectivity index (χ2v) is 5.03. The minimum atomic E-state index is 0.0586. The predicted molar refractivity (Wildman–Crippen MR) is 66.4 cm³/mol. The summed E-state index contributed by atoms with van der Waals surface area (Å²) in [6.07, 6.45) is 1.85. The first kappa shape index (κ1) is 10.8. The zero-order chi connectivity index (χ0) is 10.7. The predicted octanol–water partition coefficient (Wildman–Crippen LogP) is 1.65. The van der Waals surface area contributed by atoms with Crippen LogP contribution in [-0.2, 0) is 0 Å². The first-order chi connectivity index (χ1) is 7.29. The Hall–Kier alpha value is -0.740. The van der Waals surface area contributed by atoms with Gasteiger partial charge >= 0.3 is 0 Å². The molecule has 0 amide bonds. The molecule has 2 rings (SSSR count). The van der Waals surface area contributed by atoms with Crippen LogP contribution in [0.4, 0.5) is 5.82 Å². The van der Waals surface area contributed by atoms with Gasteiger partial charge < -0.3 is 10.6 Å². The number of thioether (sulfide) groups is 1. The lowest BCUT2D eigenvalue weighted by Gasteiger charge is -2.29. The van der Waals surface area contributed by atoms with Gasteiger partial charge in [-0.05, 0) is 13.0 Å². The zero-order valence-electron chi connectivity index (χ0n) is 9.02. The lowest BCUT2D eigenvalue weighted by molar-refractivity contribution is 0.773. The summed E-state index contributed by atoms with van der Waals surface area (Å²) in [4.78, 5) is 6.80. The van der Waals surface area contributed by atoms with Crippen LogP contribution >= 0.6 is 11.8 Å². The van der Waals surface area contributed by atoms with Gasteiger partial charge in [0, 0.05) is 42.4 Å². The highest BCUT2D eigenvalue weighted by Crippen LogP contribution is 2.24. The van der Waals surface area contributed by atoms with Gasteiger partial charge in [-0.15, -0.1) is 0 Å². The summed E-state index contributed by atoms with van der Waals surface area (Å²) in [5, 5.41) is 0. The van der Waals surface area contributed by atoms with Gasteiger partial charge in [-0.3, -0.25) is 0 Å². The topological polar surface area (TPSA) is 42.1 Å². The third-order valence-corrected chi connectivity index (χ3v) is 3.56. The normalized spacial score (nSPS) is 18.9. The molecule has 1 aliphatic heterocycles. The number of nitrogens with two attached hydrogens (primary N) is 1. The van der Waals surface area contributed by atoms with E-state index < -0.39 is 0 Å². The third kappa shape index (κ3) is 2.44. The van der Waals surface area contributed by atoms with E-state index >= 15 is 0 Å². The number of nitrogens with zero attached hydrogens (tertiary/aromatic N) is 2. The van der Waals surface area contributed by atoms with Gasteiger partial charge in [-0.25, -0.2) is 4.98 Å². The van der Waals surface area contributed by atoms with Gasteiger partial charge in [-0.2, -0.15) is 11.8 Å². The Morgan fingerprint density at radius 2 is 2.20 bits per heavy atom. The van der Waals surface area contributed by atoms with E-state index in [9.17, 15) is 0 Å². The molecule has 0 spiro atoms. The van der Waals surface area contributed by atoms with Gasteiger partial charge in [0.25, 0.3) is 0 Å². The Balaban J connectivity index is 2.25. The van der Waals surface area contributed by atoms with Gasteiger partial charge in [0.15, 0.2) is 0 Å². The van der Waals surface area contributed by atoms with E-state index in [-0.39, 0.29) is 6.04 Å². The van der Waals surface area contributed by atoms with Crippen LogP contribution in [0, 0.1) is 0 Å². The number of hydrogen-bond acceptors (Lipinski definition) is 4. The fraction of sp³-hybridized carbons (Fsp3) is 0.545. The largest absolute Gasteiger partial charge is 0.355 e. The summed E-state index contributed by atoms with van der Waals surface area (Å²) < 4.78 is 0. The van der Waals surface area contributed by atoms with Crippen molar-refractivity contribution < 1.29 is 0 Å². The van der Waals surface area contributed by atoms with Crippen LogP contribution in [-0.4, -0.2) is 29.6 Å². The van der Waals surface area contributed by atoms with E-state index in [1.54, 1.807) is 0 Å². The second-order valence-electron chi connectivity index (χ2n) is 3.80. The second kappa shape index (κ2) is 4.86. The molecule has 3 nitrogen and oxygen atoms in total. The van der Waals surface area contributed by atoms with E-state index in [0.29, 0.717) is 0 Å². The Kier molecular flexibility index (Phi) is 3.49. The van der Waals surface area contributed by atoms with Crippen molar-refractivity contribution in [3.63, 3.8) is 0 Å². The van der Waals surface area contributed by atoms with E-state index in [1.165, 1.54) is 11.5 Å². The molecule has 1 fully saturated rings. The fourth-order valence-corrected chi connectivity index (χ4v) is 2.71. The third-order valence-electron chi connectivity index (χ3n) is 2.62. The first-order valence-electron chi connectivity index (χ1n) is 5.32. The molecule has 1 aromatic heterocycles. The number of aromatic nitrogens is 1. The van der Waals surface area contributed by atoms with Crippen molar-refractivity contribution in [1.29, 1.82) is 0 Å². The molecule has 1 aromatic rings. The minimum absolute atomic E-state index is 0.0586. The van der Waals surface area contributed by atoms with E-state index in [1.807, 2.05) is 30.9 Å². The molecular formula is C11H17N3S. The maximum absolute atomic E-state index is 5.95. The molecule has 0 saturated carbocycles. The van der Waals surface area contributed by atoms with Crippen molar-refractivity contribution >= 4 is 17.6 Å². The molecule has 2 N–H and O–H groups in total. The molecule has 2 heterocycles. The maximum Gasteiger partial charge on any atom is 0.133 e. The zero-order valence-corrected chi connectivity index (χ0v) is 9.83. The number of pyridine rings is 1. The molecule has 1 aliphatic rings. The molecule has 0 bridgehead atoms. The number of rotatable bonds is 2. The summed E-state index contributed by atoms with van der Waals surface area (Å²) in [5.41, 5.74) is 7.11. The number of anilines is 1. The SMILES string of the molecule is C[C@H](N)c1cccnc1N1CCSCC1. The summed E-state index contributed by atoms with van der Waals surface area (Å²) in [6, 6.07) is 4.10. The maximum atomic E-state index is 5.95. The Morgan fingerprint density at radius 3 is 2.87 bits per heavy atom. The van der Waals surface area contributed by atoms with Crippen molar-refractivity contribution in [2.75, 3.05) is 29.5 Å². The highest BCUT2D eigenvalue weighted by atomic mass is 32.2. The Labute approximate surface area is 95.1 Å². The van der Waals surface area contributed by atoms with Gasteiger partial charge in [0.1, 0.15) is 5.82 Å². The average molecular weight is 223 g/mol. The molecule has 0 unspecified atom stereocenters. The molecule has 82 valence electrons. The standard InChI is InChI=1S/C11H17N3S/c1-9(12)10-3-2-4-13-11(10)14-5-7-15-8-6-14/h2-4,9H,5-8,12H2,1H3/t9-/m0/s1. The van der Waals surface area contributed by atoms with Crippen LogP contribution in [0.25, 0.3) is 0 Å². The van der Waals surface area contributed by atoms with E-state index in [2.05, 4.69) is 16.0 Å². The van der Waals surface area contributed by atoms with Crippen LogP contribution in [0.5, 0.6) is 0 Å². The van der Waals surface area contributed by atoms with Gasteiger partial charge in [0.05, 0.1) is 0 Å². The van der Waals surface area contributed by atoms with Crippen LogP contribution in [0.2, 0.25) is 0 Å².